The molecular formula is C19H20ClN3O2. The van der Waals surface area contributed by atoms with Crippen molar-refractivity contribution in [2.24, 2.45) is 5.73 Å². The van der Waals surface area contributed by atoms with Crippen LogP contribution in [0.15, 0.2) is 48.9 Å². The van der Waals surface area contributed by atoms with Gasteiger partial charge in [0.2, 0.25) is 0 Å². The van der Waals surface area contributed by atoms with Gasteiger partial charge in [-0.15, -0.1) is 0 Å². The summed E-state index contributed by atoms with van der Waals surface area (Å²) in [6, 6.07) is 12.1. The predicted octanol–water partition coefficient (Wildman–Crippen LogP) is 3.17. The monoisotopic (exact) mass is 357 g/mol. The summed E-state index contributed by atoms with van der Waals surface area (Å²) in [7, 11) is 0. The fourth-order valence-electron chi connectivity index (χ4n) is 2.99. The number of carbonyl (C=O) groups excluding carboxylic acids is 1. The van der Waals surface area contributed by atoms with E-state index in [0.717, 1.165) is 23.3 Å². The van der Waals surface area contributed by atoms with E-state index in [-0.39, 0.29) is 5.69 Å². The van der Waals surface area contributed by atoms with E-state index in [0.29, 0.717) is 13.0 Å². The van der Waals surface area contributed by atoms with Crippen LogP contribution in [0.4, 0.5) is 0 Å². The molecule has 0 radical (unpaired) electrons. The Balaban J connectivity index is 1.56. The normalized spacial score (nSPS) is 12.4. The van der Waals surface area contributed by atoms with Gasteiger partial charge in [0, 0.05) is 17.8 Å². The van der Waals surface area contributed by atoms with E-state index in [1.165, 1.54) is 17.3 Å². The lowest BCUT2D eigenvalue weighted by Gasteiger charge is -2.12. The van der Waals surface area contributed by atoms with Crippen molar-refractivity contribution in [1.82, 2.24) is 9.55 Å². The van der Waals surface area contributed by atoms with Gasteiger partial charge in [-0.3, -0.25) is 4.79 Å². The molecule has 0 spiro atoms. The van der Waals surface area contributed by atoms with Gasteiger partial charge < -0.3 is 15.4 Å². The summed E-state index contributed by atoms with van der Waals surface area (Å²) in [4.78, 5) is 14.9. The number of aliphatic hydroxyl groups is 1. The van der Waals surface area contributed by atoms with Crippen molar-refractivity contribution < 1.29 is 9.90 Å². The molecule has 0 aliphatic rings. The first-order chi connectivity index (χ1) is 12.0. The highest BCUT2D eigenvalue weighted by Gasteiger charge is 2.09. The van der Waals surface area contributed by atoms with E-state index in [1.807, 2.05) is 24.3 Å². The van der Waals surface area contributed by atoms with Gasteiger partial charge in [0.05, 0.1) is 12.4 Å². The second-order valence-corrected chi connectivity index (χ2v) is 6.59. The molecule has 3 aromatic rings. The first-order valence-electron chi connectivity index (χ1n) is 8.20. The molecule has 3 rings (SSSR count). The number of nitrogens with two attached hydrogens (primary N) is 1. The molecule has 5 nitrogen and oxygen atoms in total. The van der Waals surface area contributed by atoms with Crippen molar-refractivity contribution >= 4 is 28.3 Å². The van der Waals surface area contributed by atoms with Gasteiger partial charge in [0.15, 0.2) is 0 Å². The third kappa shape index (κ3) is 4.38. The number of aliphatic hydroxyl groups excluding tert-OH is 1. The number of carbonyl (C=O) groups is 1. The number of primary amides is 1. The molecule has 6 heteroatoms. The minimum atomic E-state index is -0.565. The Morgan fingerprint density at radius 2 is 2.16 bits per heavy atom. The highest BCUT2D eigenvalue weighted by Crippen LogP contribution is 2.24. The lowest BCUT2D eigenvalue weighted by atomic mass is 9.99. The van der Waals surface area contributed by atoms with Crippen LogP contribution in [-0.2, 0) is 13.0 Å². The summed E-state index contributed by atoms with van der Waals surface area (Å²) < 4.78 is 1.69. The van der Waals surface area contributed by atoms with Crippen molar-refractivity contribution in [2.45, 2.75) is 31.9 Å². The van der Waals surface area contributed by atoms with Crippen LogP contribution < -0.4 is 5.73 Å². The summed E-state index contributed by atoms with van der Waals surface area (Å²) in [6.07, 6.45) is 4.97. The molecule has 1 atom stereocenters. The van der Waals surface area contributed by atoms with Crippen LogP contribution in [0.5, 0.6) is 0 Å². The minimum absolute atomic E-state index is 0.210. The average Bonchev–Trinajstić information content (AvgIpc) is 3.03. The summed E-state index contributed by atoms with van der Waals surface area (Å²) in [5, 5.41) is 13.3. The van der Waals surface area contributed by atoms with Gasteiger partial charge in [0.1, 0.15) is 5.69 Å². The standard InChI is InChI=1S/C19H20ClN3O2/c20-15-7-8-17-13(3-1-5-14(17)9-15)4-2-6-16(24)10-23-11-18(19(21)25)22-12-23/h1,3,5,7-9,11-12,16,24H,2,4,6,10H2,(H2,21,25). The highest BCUT2D eigenvalue weighted by molar-refractivity contribution is 6.31. The number of nitrogens with zero attached hydrogens (tertiary/aromatic N) is 2. The number of benzene rings is 2. The molecule has 3 N–H and O–H groups in total. The second kappa shape index (κ2) is 7.68. The van der Waals surface area contributed by atoms with Crippen molar-refractivity contribution in [1.29, 1.82) is 0 Å². The van der Waals surface area contributed by atoms with Crippen LogP contribution in [0.25, 0.3) is 10.8 Å². The zero-order chi connectivity index (χ0) is 17.8. The molecule has 0 aliphatic carbocycles. The van der Waals surface area contributed by atoms with Crippen LogP contribution in [0.2, 0.25) is 5.02 Å². The number of aromatic nitrogens is 2. The molecule has 0 fully saturated rings. The first-order valence-corrected chi connectivity index (χ1v) is 8.57. The molecule has 130 valence electrons. The zero-order valence-electron chi connectivity index (χ0n) is 13.7. The molecule has 1 amide bonds. The predicted molar refractivity (Wildman–Crippen MR) is 98.6 cm³/mol. The Hall–Kier alpha value is -2.37. The second-order valence-electron chi connectivity index (χ2n) is 6.15. The number of imidazole rings is 1. The number of halogens is 1. The van der Waals surface area contributed by atoms with Gasteiger partial charge in [0.25, 0.3) is 5.91 Å². The zero-order valence-corrected chi connectivity index (χ0v) is 14.5. The van der Waals surface area contributed by atoms with Gasteiger partial charge >= 0.3 is 0 Å². The molecule has 0 bridgehead atoms. The number of rotatable bonds is 7. The minimum Gasteiger partial charge on any atom is -0.391 e. The average molecular weight is 358 g/mol. The number of aryl methyl sites for hydroxylation is 1. The first kappa shape index (κ1) is 17.5. The lowest BCUT2D eigenvalue weighted by molar-refractivity contribution is 0.0995. The Labute approximate surface area is 151 Å². The van der Waals surface area contributed by atoms with Crippen LogP contribution in [0.1, 0.15) is 28.9 Å². The third-order valence-electron chi connectivity index (χ3n) is 4.22. The van der Waals surface area contributed by atoms with Crippen molar-refractivity contribution in [3.63, 3.8) is 0 Å². The van der Waals surface area contributed by atoms with Crippen LogP contribution in [0.3, 0.4) is 0 Å². The molecule has 0 saturated carbocycles. The molecule has 0 aliphatic heterocycles. The Bertz CT molecular complexity index is 891. The fourth-order valence-corrected chi connectivity index (χ4v) is 3.17. The maximum absolute atomic E-state index is 11.0. The molecule has 1 unspecified atom stereocenters. The Kier molecular flexibility index (Phi) is 5.36. The number of hydrogen-bond donors (Lipinski definition) is 2. The SMILES string of the molecule is NC(=O)c1cn(CC(O)CCCc2cccc3cc(Cl)ccc23)cn1. The van der Waals surface area contributed by atoms with E-state index in [2.05, 4.69) is 17.1 Å². The van der Waals surface area contributed by atoms with Crippen LogP contribution in [-0.4, -0.2) is 26.7 Å². The van der Waals surface area contributed by atoms with E-state index in [4.69, 9.17) is 17.3 Å². The maximum Gasteiger partial charge on any atom is 0.268 e. The van der Waals surface area contributed by atoms with Crippen molar-refractivity contribution in [3.8, 4) is 0 Å². The smallest absolute Gasteiger partial charge is 0.268 e. The fraction of sp³-hybridized carbons (Fsp3) is 0.263. The van der Waals surface area contributed by atoms with E-state index >= 15 is 0 Å². The summed E-state index contributed by atoms with van der Waals surface area (Å²) >= 11 is 6.05. The molecule has 1 aromatic heterocycles. The van der Waals surface area contributed by atoms with Crippen molar-refractivity contribution in [3.05, 3.63) is 65.2 Å². The molecule has 0 saturated heterocycles. The van der Waals surface area contributed by atoms with Gasteiger partial charge in [-0.25, -0.2) is 4.98 Å². The highest BCUT2D eigenvalue weighted by atomic mass is 35.5. The summed E-state index contributed by atoms with van der Waals surface area (Å²) in [5.74, 6) is -0.565. The summed E-state index contributed by atoms with van der Waals surface area (Å²) in [5.41, 5.74) is 6.63. The largest absolute Gasteiger partial charge is 0.391 e. The molecule has 25 heavy (non-hydrogen) atoms. The lowest BCUT2D eigenvalue weighted by Crippen LogP contribution is -2.15. The third-order valence-corrected chi connectivity index (χ3v) is 4.46. The molecule has 1 heterocycles. The Morgan fingerprint density at radius 3 is 2.92 bits per heavy atom. The molecule has 2 aromatic carbocycles. The number of hydrogen-bond acceptors (Lipinski definition) is 3. The van der Waals surface area contributed by atoms with E-state index < -0.39 is 12.0 Å². The summed E-state index contributed by atoms with van der Waals surface area (Å²) in [6.45, 7) is 0.394. The van der Waals surface area contributed by atoms with Gasteiger partial charge in [-0.2, -0.15) is 0 Å². The van der Waals surface area contributed by atoms with E-state index in [1.54, 1.807) is 10.8 Å². The Morgan fingerprint density at radius 1 is 1.32 bits per heavy atom. The van der Waals surface area contributed by atoms with Crippen molar-refractivity contribution in [2.75, 3.05) is 0 Å². The number of fused-ring (bicyclic) bond motifs is 1. The van der Waals surface area contributed by atoms with Gasteiger partial charge in [-0.05, 0) is 47.7 Å². The van der Waals surface area contributed by atoms with Gasteiger partial charge in [-0.1, -0.05) is 35.9 Å². The molecular weight excluding hydrogens is 338 g/mol. The van der Waals surface area contributed by atoms with Crippen LogP contribution >= 0.6 is 11.6 Å². The number of amides is 1. The topological polar surface area (TPSA) is 81.1 Å². The van der Waals surface area contributed by atoms with Crippen LogP contribution in [0, 0.1) is 0 Å². The maximum atomic E-state index is 11.0. The van der Waals surface area contributed by atoms with E-state index in [9.17, 15) is 9.90 Å². The quantitative estimate of drug-likeness (QED) is 0.681.